The number of thiophene rings is 1. The highest BCUT2D eigenvalue weighted by Crippen LogP contribution is 2.58. The molecule has 7 aromatic carbocycles. The summed E-state index contributed by atoms with van der Waals surface area (Å²) in [5.41, 5.74) is 22.2. The second-order valence-corrected chi connectivity index (χ2v) is 20.9. The fourth-order valence-corrected chi connectivity index (χ4v) is 11.8. The average Bonchev–Trinajstić information content (AvgIpc) is 3.72. The highest BCUT2D eigenvalue weighted by molar-refractivity contribution is 7.32. The molecule has 0 radical (unpaired) electrons. The van der Waals surface area contributed by atoms with Crippen LogP contribution in [-0.2, 0) is 16.2 Å². The van der Waals surface area contributed by atoms with E-state index in [0.29, 0.717) is 0 Å². The van der Waals surface area contributed by atoms with Crippen LogP contribution in [-0.4, -0.2) is 6.85 Å². The van der Waals surface area contributed by atoms with E-state index >= 15 is 0 Å². The SMILES string of the molecule is Cc1cc2c3c(c1)N(c1ccc(C(C)(C)C)cc1-c1ccccc1)c1c(sc4ccccc14)B3N(c1ccc(C(C)(C)C)cc1)c1ccc3c(c1-2)-c1ccccc1C3(C)C. The summed E-state index contributed by atoms with van der Waals surface area (Å²) < 4.78 is 2.68. The van der Waals surface area contributed by atoms with Crippen molar-refractivity contribution in [3.63, 3.8) is 0 Å². The topological polar surface area (TPSA) is 6.48 Å². The number of hydrogen-bond acceptors (Lipinski definition) is 3. The van der Waals surface area contributed by atoms with Gasteiger partial charge in [-0.3, -0.25) is 0 Å². The summed E-state index contributed by atoms with van der Waals surface area (Å²) in [4.78, 5) is 5.35. The van der Waals surface area contributed by atoms with Crippen LogP contribution in [0, 0.1) is 6.92 Å². The standard InChI is InChI=1S/C56H51BN2S/c1-34-31-42-50-46(30-28-44-49(50)39-19-13-15-21-43(39)56(44,8)9)59(38-26-23-36(24-27-38)54(2,3)4)57-51(42)47(32-34)58(52-40-20-14-16-22-48(40)60-53(52)57)45-29-25-37(55(5,6)7)33-41(45)35-17-11-10-12-18-35/h10-33H,1-9H3. The minimum Gasteiger partial charge on any atom is -0.376 e. The zero-order valence-corrected chi connectivity index (χ0v) is 37.1. The van der Waals surface area contributed by atoms with E-state index in [1.54, 1.807) is 0 Å². The molecule has 0 N–H and O–H groups in total. The number of benzene rings is 7. The van der Waals surface area contributed by atoms with Gasteiger partial charge in [0.2, 0.25) is 0 Å². The summed E-state index contributed by atoms with van der Waals surface area (Å²) in [6.07, 6.45) is 0. The van der Waals surface area contributed by atoms with Crippen molar-refractivity contribution in [2.45, 2.75) is 78.6 Å². The predicted molar refractivity (Wildman–Crippen MR) is 261 cm³/mol. The monoisotopic (exact) mass is 794 g/mol. The van der Waals surface area contributed by atoms with E-state index < -0.39 is 0 Å². The third-order valence-corrected chi connectivity index (χ3v) is 14.8. The van der Waals surface area contributed by atoms with Crippen LogP contribution in [0.4, 0.5) is 28.4 Å². The lowest BCUT2D eigenvalue weighted by Crippen LogP contribution is -2.60. The third-order valence-electron chi connectivity index (χ3n) is 13.6. The van der Waals surface area contributed by atoms with Gasteiger partial charge in [0.1, 0.15) is 0 Å². The fraction of sp³-hybridized carbons (Fsp3) is 0.214. The van der Waals surface area contributed by atoms with E-state index in [1.807, 2.05) is 11.3 Å². The first-order chi connectivity index (χ1) is 28.7. The smallest absolute Gasteiger partial charge is 0.343 e. The van der Waals surface area contributed by atoms with Crippen molar-refractivity contribution in [3.8, 4) is 33.4 Å². The molecule has 0 fully saturated rings. The van der Waals surface area contributed by atoms with E-state index in [4.69, 9.17) is 0 Å². The van der Waals surface area contributed by atoms with Gasteiger partial charge in [-0.25, -0.2) is 0 Å². The molecule has 2 nitrogen and oxygen atoms in total. The van der Waals surface area contributed by atoms with E-state index in [2.05, 4.69) is 218 Å². The maximum atomic E-state index is 2.70. The van der Waals surface area contributed by atoms with E-state index in [0.717, 1.165) is 0 Å². The van der Waals surface area contributed by atoms with Gasteiger partial charge in [0.25, 0.3) is 0 Å². The van der Waals surface area contributed by atoms with Gasteiger partial charge >= 0.3 is 6.85 Å². The Balaban J connectivity index is 1.29. The van der Waals surface area contributed by atoms with Gasteiger partial charge in [-0.1, -0.05) is 159 Å². The molecule has 0 unspecified atom stereocenters. The first kappa shape index (κ1) is 37.2. The van der Waals surface area contributed by atoms with Crippen LogP contribution >= 0.6 is 11.3 Å². The molecular weight excluding hydrogens is 744 g/mol. The maximum absolute atomic E-state index is 2.70. The second kappa shape index (κ2) is 12.8. The Kier molecular flexibility index (Phi) is 7.96. The van der Waals surface area contributed by atoms with Crippen LogP contribution in [0.5, 0.6) is 0 Å². The molecule has 0 atom stereocenters. The molecule has 1 aliphatic carbocycles. The first-order valence-electron chi connectivity index (χ1n) is 21.6. The third kappa shape index (κ3) is 5.32. The highest BCUT2D eigenvalue weighted by atomic mass is 32.1. The largest absolute Gasteiger partial charge is 0.376 e. The Morgan fingerprint density at radius 2 is 1.22 bits per heavy atom. The molecule has 0 saturated heterocycles. The molecule has 4 heteroatoms. The molecule has 8 aromatic rings. The summed E-state index contributed by atoms with van der Waals surface area (Å²) in [6.45, 7) is 21.0. The molecule has 1 aromatic heterocycles. The van der Waals surface area contributed by atoms with Crippen LogP contribution in [0.15, 0.2) is 146 Å². The molecule has 294 valence electrons. The predicted octanol–water partition coefficient (Wildman–Crippen LogP) is 14.5. The molecule has 0 spiro atoms. The van der Waals surface area contributed by atoms with Crippen molar-refractivity contribution in [2.24, 2.45) is 0 Å². The molecule has 3 heterocycles. The Morgan fingerprint density at radius 3 is 1.97 bits per heavy atom. The number of nitrogens with zero attached hydrogens (tertiary/aromatic N) is 2. The van der Waals surface area contributed by atoms with Gasteiger partial charge in [-0.05, 0) is 116 Å². The summed E-state index contributed by atoms with van der Waals surface area (Å²) in [6, 6.07) is 55.8. The van der Waals surface area contributed by atoms with E-state index in [9.17, 15) is 0 Å². The molecule has 0 amide bonds. The van der Waals surface area contributed by atoms with Gasteiger partial charge in [-0.15, -0.1) is 11.3 Å². The Morgan fingerprint density at radius 1 is 0.550 bits per heavy atom. The van der Waals surface area contributed by atoms with Gasteiger partial charge in [0.15, 0.2) is 0 Å². The molecule has 11 rings (SSSR count). The summed E-state index contributed by atoms with van der Waals surface area (Å²) in [5.74, 6) is 0. The molecule has 3 aliphatic rings. The van der Waals surface area contributed by atoms with Crippen molar-refractivity contribution >= 4 is 66.9 Å². The van der Waals surface area contributed by atoms with Crippen LogP contribution < -0.4 is 20.0 Å². The highest BCUT2D eigenvalue weighted by Gasteiger charge is 2.49. The molecular formula is C56H51BN2S. The zero-order valence-electron chi connectivity index (χ0n) is 36.2. The van der Waals surface area contributed by atoms with Gasteiger partial charge in [0.05, 0.1) is 11.4 Å². The van der Waals surface area contributed by atoms with Crippen LogP contribution in [0.2, 0.25) is 0 Å². The van der Waals surface area contributed by atoms with Gasteiger partial charge in [0, 0.05) is 48.5 Å². The normalized spacial score (nSPS) is 14.8. The van der Waals surface area contributed by atoms with Crippen molar-refractivity contribution in [1.29, 1.82) is 0 Å². The van der Waals surface area contributed by atoms with Crippen molar-refractivity contribution in [1.82, 2.24) is 0 Å². The van der Waals surface area contributed by atoms with Crippen LogP contribution in [0.25, 0.3) is 43.5 Å². The second-order valence-electron chi connectivity index (χ2n) is 19.9. The maximum Gasteiger partial charge on any atom is 0.343 e. The molecule has 0 saturated carbocycles. The fourth-order valence-electron chi connectivity index (χ4n) is 10.5. The lowest BCUT2D eigenvalue weighted by atomic mass is 9.46. The summed E-state index contributed by atoms with van der Waals surface area (Å²) in [5, 5.41) is 1.29. The number of fused-ring (bicyclic) bond motifs is 10. The van der Waals surface area contributed by atoms with Gasteiger partial charge in [-0.2, -0.15) is 0 Å². The minimum absolute atomic E-state index is 0.00497. The number of anilines is 5. The van der Waals surface area contributed by atoms with Gasteiger partial charge < -0.3 is 9.71 Å². The van der Waals surface area contributed by atoms with Crippen molar-refractivity contribution in [2.75, 3.05) is 9.71 Å². The number of aryl methyl sites for hydroxylation is 1. The van der Waals surface area contributed by atoms with E-state index in [1.165, 1.54) is 110 Å². The first-order valence-corrected chi connectivity index (χ1v) is 22.4. The Bertz CT molecular complexity index is 3050. The molecule has 0 bridgehead atoms. The van der Waals surface area contributed by atoms with E-state index in [-0.39, 0.29) is 23.1 Å². The van der Waals surface area contributed by atoms with Crippen molar-refractivity contribution in [3.05, 3.63) is 173 Å². The van der Waals surface area contributed by atoms with Crippen LogP contribution in [0.1, 0.15) is 83.2 Å². The van der Waals surface area contributed by atoms with Crippen LogP contribution in [0.3, 0.4) is 0 Å². The Hall–Kier alpha value is -5.84. The summed E-state index contributed by atoms with van der Waals surface area (Å²) >= 11 is 1.96. The zero-order chi connectivity index (χ0) is 41.5. The average molecular weight is 795 g/mol. The quantitative estimate of drug-likeness (QED) is 0.164. The number of rotatable bonds is 3. The molecule has 60 heavy (non-hydrogen) atoms. The molecule has 2 aliphatic heterocycles. The lowest BCUT2D eigenvalue weighted by Gasteiger charge is -2.46. The van der Waals surface area contributed by atoms with Crippen molar-refractivity contribution < 1.29 is 0 Å². The summed E-state index contributed by atoms with van der Waals surface area (Å²) in [7, 11) is 0. The Labute approximate surface area is 360 Å². The number of hydrogen-bond donors (Lipinski definition) is 0. The lowest BCUT2D eigenvalue weighted by molar-refractivity contribution is 0.590. The minimum atomic E-state index is -0.120.